The Balaban J connectivity index is 1.92. The van der Waals surface area contributed by atoms with Crippen LogP contribution in [0.2, 0.25) is 0 Å². The van der Waals surface area contributed by atoms with Crippen LogP contribution in [-0.2, 0) is 4.79 Å². The third kappa shape index (κ3) is 2.04. The molecule has 68 valence electrons. The van der Waals surface area contributed by atoms with Gasteiger partial charge in [-0.25, -0.2) is 0 Å². The average Bonchev–Trinajstić information content (AvgIpc) is 2.86. The molecule has 2 rings (SSSR count). The smallest absolute Gasteiger partial charge is 0.307 e. The van der Waals surface area contributed by atoms with E-state index in [4.69, 9.17) is 5.11 Å². The SMILES string of the molecule is O=C(O)[C@@H]1C[C@@H]1Sc1ccccc1. The van der Waals surface area contributed by atoms with Crippen LogP contribution in [0, 0.1) is 5.92 Å². The maximum atomic E-state index is 10.5. The Morgan fingerprint density at radius 1 is 1.38 bits per heavy atom. The van der Waals surface area contributed by atoms with Crippen molar-refractivity contribution in [1.82, 2.24) is 0 Å². The normalized spacial score (nSPS) is 25.5. The topological polar surface area (TPSA) is 37.3 Å². The van der Waals surface area contributed by atoms with Crippen LogP contribution in [0.15, 0.2) is 35.2 Å². The lowest BCUT2D eigenvalue weighted by atomic mass is 10.4. The molecule has 1 N–H and O–H groups in total. The summed E-state index contributed by atoms with van der Waals surface area (Å²) in [4.78, 5) is 11.7. The molecule has 1 aromatic rings. The van der Waals surface area contributed by atoms with Crippen LogP contribution in [0.4, 0.5) is 0 Å². The van der Waals surface area contributed by atoms with Crippen LogP contribution >= 0.6 is 11.8 Å². The van der Waals surface area contributed by atoms with Gasteiger partial charge in [-0.1, -0.05) is 18.2 Å². The second-order valence-corrected chi connectivity index (χ2v) is 4.46. The molecule has 3 heteroatoms. The standard InChI is InChI=1S/C10H10O2S/c11-10(12)8-6-9(8)13-7-4-2-1-3-5-7/h1-5,8-9H,6H2,(H,11,12)/t8-,9+/m1/s1. The monoisotopic (exact) mass is 194 g/mol. The Labute approximate surface area is 81.0 Å². The molecular formula is C10H10O2S. The average molecular weight is 194 g/mol. The minimum Gasteiger partial charge on any atom is -0.481 e. The highest BCUT2D eigenvalue weighted by molar-refractivity contribution is 8.00. The van der Waals surface area contributed by atoms with Gasteiger partial charge in [-0.05, 0) is 18.6 Å². The Kier molecular flexibility index (Phi) is 2.27. The Morgan fingerprint density at radius 2 is 2.08 bits per heavy atom. The number of carboxylic acids is 1. The Morgan fingerprint density at radius 3 is 2.62 bits per heavy atom. The van der Waals surface area contributed by atoms with Gasteiger partial charge in [0.1, 0.15) is 0 Å². The molecule has 0 aliphatic heterocycles. The molecule has 1 fully saturated rings. The van der Waals surface area contributed by atoms with Crippen molar-refractivity contribution in [3.8, 4) is 0 Å². The summed E-state index contributed by atoms with van der Waals surface area (Å²) in [5.41, 5.74) is 0. The summed E-state index contributed by atoms with van der Waals surface area (Å²) in [6.45, 7) is 0. The zero-order valence-electron chi connectivity index (χ0n) is 7.01. The van der Waals surface area contributed by atoms with Gasteiger partial charge in [-0.15, -0.1) is 11.8 Å². The lowest BCUT2D eigenvalue weighted by Crippen LogP contribution is -1.99. The Bertz CT molecular complexity index is 310. The van der Waals surface area contributed by atoms with Crippen molar-refractivity contribution in [2.24, 2.45) is 5.92 Å². The molecule has 1 aromatic carbocycles. The van der Waals surface area contributed by atoms with Crippen molar-refractivity contribution in [3.63, 3.8) is 0 Å². The number of benzene rings is 1. The highest BCUT2D eigenvalue weighted by Gasteiger charge is 2.43. The minimum atomic E-state index is -0.659. The van der Waals surface area contributed by atoms with Gasteiger partial charge >= 0.3 is 5.97 Å². The van der Waals surface area contributed by atoms with Crippen molar-refractivity contribution in [2.45, 2.75) is 16.6 Å². The summed E-state index contributed by atoms with van der Waals surface area (Å²) in [7, 11) is 0. The second kappa shape index (κ2) is 3.42. The predicted octanol–water partition coefficient (Wildman–Crippen LogP) is 2.25. The van der Waals surface area contributed by atoms with E-state index in [0.29, 0.717) is 5.25 Å². The molecule has 0 spiro atoms. The first-order chi connectivity index (χ1) is 6.27. The number of aliphatic carboxylic acids is 1. The maximum Gasteiger partial charge on any atom is 0.307 e. The Hall–Kier alpha value is -0.960. The summed E-state index contributed by atoms with van der Waals surface area (Å²) in [6.07, 6.45) is 0.814. The fourth-order valence-corrected chi connectivity index (χ4v) is 2.48. The zero-order chi connectivity index (χ0) is 9.26. The van der Waals surface area contributed by atoms with Crippen LogP contribution < -0.4 is 0 Å². The molecule has 0 radical (unpaired) electrons. The number of thioether (sulfide) groups is 1. The van der Waals surface area contributed by atoms with Crippen molar-refractivity contribution in [1.29, 1.82) is 0 Å². The molecule has 1 saturated carbocycles. The summed E-state index contributed by atoms with van der Waals surface area (Å²) in [5, 5.41) is 8.98. The lowest BCUT2D eigenvalue weighted by Gasteiger charge is -1.97. The van der Waals surface area contributed by atoms with Crippen LogP contribution in [0.25, 0.3) is 0 Å². The van der Waals surface area contributed by atoms with Crippen molar-refractivity contribution in [2.75, 3.05) is 0 Å². The summed E-state index contributed by atoms with van der Waals surface area (Å²) >= 11 is 1.67. The molecule has 2 nitrogen and oxygen atoms in total. The number of rotatable bonds is 3. The van der Waals surface area contributed by atoms with Crippen molar-refractivity contribution < 1.29 is 9.90 Å². The molecular weight excluding hydrogens is 184 g/mol. The molecule has 1 aliphatic carbocycles. The van der Waals surface area contributed by atoms with Crippen LogP contribution in [0.1, 0.15) is 6.42 Å². The fourth-order valence-electron chi connectivity index (χ4n) is 1.24. The van der Waals surface area contributed by atoms with Crippen LogP contribution in [-0.4, -0.2) is 16.3 Å². The molecule has 0 bridgehead atoms. The van der Waals surface area contributed by atoms with Gasteiger partial charge in [0.05, 0.1) is 5.92 Å². The van der Waals surface area contributed by atoms with E-state index in [1.54, 1.807) is 11.8 Å². The van der Waals surface area contributed by atoms with E-state index in [1.165, 1.54) is 0 Å². The maximum absolute atomic E-state index is 10.5. The molecule has 0 heterocycles. The van der Waals surface area contributed by atoms with E-state index in [0.717, 1.165) is 11.3 Å². The quantitative estimate of drug-likeness (QED) is 0.801. The summed E-state index contributed by atoms with van der Waals surface area (Å²) in [6, 6.07) is 9.94. The highest BCUT2D eigenvalue weighted by Crippen LogP contribution is 2.45. The largest absolute Gasteiger partial charge is 0.481 e. The molecule has 0 amide bonds. The van der Waals surface area contributed by atoms with E-state index in [1.807, 2.05) is 30.3 Å². The highest BCUT2D eigenvalue weighted by atomic mass is 32.2. The van der Waals surface area contributed by atoms with Gasteiger partial charge in [0.15, 0.2) is 0 Å². The van der Waals surface area contributed by atoms with Crippen LogP contribution in [0.5, 0.6) is 0 Å². The first kappa shape index (κ1) is 8.63. The van der Waals surface area contributed by atoms with Gasteiger partial charge in [0.2, 0.25) is 0 Å². The van der Waals surface area contributed by atoms with Crippen LogP contribution in [0.3, 0.4) is 0 Å². The number of carbonyl (C=O) groups is 1. The lowest BCUT2D eigenvalue weighted by molar-refractivity contribution is -0.138. The molecule has 0 aromatic heterocycles. The minimum absolute atomic E-state index is 0.120. The molecule has 13 heavy (non-hydrogen) atoms. The van der Waals surface area contributed by atoms with Gasteiger partial charge in [-0.3, -0.25) is 4.79 Å². The zero-order valence-corrected chi connectivity index (χ0v) is 7.83. The van der Waals surface area contributed by atoms with E-state index in [9.17, 15) is 4.79 Å². The third-order valence-electron chi connectivity index (χ3n) is 2.08. The molecule has 0 saturated heterocycles. The van der Waals surface area contributed by atoms with E-state index < -0.39 is 5.97 Å². The second-order valence-electron chi connectivity index (χ2n) is 3.15. The fraction of sp³-hybridized carbons (Fsp3) is 0.300. The van der Waals surface area contributed by atoms with Gasteiger partial charge in [-0.2, -0.15) is 0 Å². The van der Waals surface area contributed by atoms with Crippen molar-refractivity contribution in [3.05, 3.63) is 30.3 Å². The van der Waals surface area contributed by atoms with Gasteiger partial charge in [0.25, 0.3) is 0 Å². The third-order valence-corrected chi connectivity index (χ3v) is 3.45. The van der Waals surface area contributed by atoms with Crippen molar-refractivity contribution >= 4 is 17.7 Å². The van der Waals surface area contributed by atoms with Gasteiger partial charge < -0.3 is 5.11 Å². The number of hydrogen-bond acceptors (Lipinski definition) is 2. The summed E-state index contributed by atoms with van der Waals surface area (Å²) < 4.78 is 0. The number of hydrogen-bond donors (Lipinski definition) is 1. The first-order valence-electron chi connectivity index (χ1n) is 4.22. The number of carboxylic acid groups (broad SMARTS) is 1. The summed E-state index contributed by atoms with van der Waals surface area (Å²) in [5.74, 6) is -0.779. The van der Waals surface area contributed by atoms with E-state index in [2.05, 4.69) is 0 Å². The van der Waals surface area contributed by atoms with Gasteiger partial charge in [0, 0.05) is 10.1 Å². The predicted molar refractivity (Wildman–Crippen MR) is 51.8 cm³/mol. The van der Waals surface area contributed by atoms with E-state index >= 15 is 0 Å². The molecule has 1 aliphatic rings. The molecule has 0 unspecified atom stereocenters. The molecule has 2 atom stereocenters. The first-order valence-corrected chi connectivity index (χ1v) is 5.10. The van der Waals surface area contributed by atoms with E-state index in [-0.39, 0.29) is 5.92 Å².